The van der Waals surface area contributed by atoms with E-state index in [1.54, 1.807) is 0 Å². The van der Waals surface area contributed by atoms with Crippen LogP contribution in [0, 0.1) is 0 Å². The van der Waals surface area contributed by atoms with Crippen LogP contribution >= 0.6 is 27.4 Å². The molecule has 1 fully saturated rings. The molecule has 0 saturated heterocycles. The van der Waals surface area contributed by atoms with Gasteiger partial charge in [0.25, 0.3) is 0 Å². The predicted octanol–water partition coefficient (Wildman–Crippen LogP) is 8.49. The fourth-order valence-corrected chi connectivity index (χ4v) is 9.95. The molecule has 0 aromatic heterocycles. The Bertz CT molecular complexity index is 1310. The van der Waals surface area contributed by atoms with Crippen LogP contribution in [0.15, 0.2) is 0 Å². The minimum atomic E-state index is -5.31. The second kappa shape index (κ2) is 37.0. The average Bonchev–Trinajstić information content (AvgIpc) is 3.23. The van der Waals surface area contributed by atoms with Crippen LogP contribution in [0.3, 0.4) is 0 Å². The minimum absolute atomic E-state index is 0.0350. The number of esters is 2. The maximum absolute atomic E-state index is 12.9. The first-order chi connectivity index (χ1) is 30.5. The monoisotopic (exact) mass is 978 g/mol. The summed E-state index contributed by atoms with van der Waals surface area (Å²) in [6.07, 6.45) is 13.7. The summed E-state index contributed by atoms with van der Waals surface area (Å²) < 4.78 is 49.2. The van der Waals surface area contributed by atoms with Crippen molar-refractivity contribution in [2.75, 3.05) is 19.0 Å². The molecule has 1 rings (SSSR count). The van der Waals surface area contributed by atoms with Gasteiger partial charge in [0.2, 0.25) is 0 Å². The highest BCUT2D eigenvalue weighted by Crippen LogP contribution is 2.48. The number of carbonyl (C=O) groups is 3. The molecule has 378 valence electrons. The van der Waals surface area contributed by atoms with Crippen molar-refractivity contribution in [3.63, 3.8) is 0 Å². The maximum atomic E-state index is 12.9. The van der Waals surface area contributed by atoms with Gasteiger partial charge in [-0.25, -0.2) is 9.13 Å². The van der Waals surface area contributed by atoms with E-state index in [9.17, 15) is 48.8 Å². The molecule has 0 amide bonds. The van der Waals surface area contributed by atoms with Gasteiger partial charge >= 0.3 is 27.6 Å². The SMILES string of the molecule is CCCCCCCCCCCCCCCC(=O)O[C@@H](COP(=O)(O)OC1C(O)[C@H](O)C(OP(=O)(O)O)[C@H](O)[C@@H]1O)CC(=O)OCCCCCCCCCCCCCCSC(=O)CCC. The van der Waals surface area contributed by atoms with Gasteiger partial charge in [0.15, 0.2) is 5.12 Å². The first-order valence-corrected chi connectivity index (χ1v) is 28.1. The Morgan fingerprint density at radius 2 is 0.953 bits per heavy atom. The highest BCUT2D eigenvalue weighted by Gasteiger charge is 2.54. The number of phosphoric acid groups is 2. The standard InChI is InChI=1S/C44H84O17P2S/c1-3-5-6-7-8-9-10-11-14-17-20-23-26-30-36(45)59-35(34-58-63(55,56)61-44-41(50)39(48)43(40(49)42(44)51)60-62(52,53)54)33-37(46)57-31-27-24-21-18-15-12-13-16-19-22-25-28-32-64-38(47)29-4-2/h35,39-44,48-51H,3-34H2,1-2H3,(H,55,56)(H2,52,53,54)/t35-,39-,40+,41+,42?,43?,44?/m1/s1. The molecule has 0 aromatic carbocycles. The zero-order valence-electron chi connectivity index (χ0n) is 38.7. The van der Waals surface area contributed by atoms with Gasteiger partial charge in [-0.05, 0) is 25.7 Å². The van der Waals surface area contributed by atoms with Gasteiger partial charge < -0.3 is 44.6 Å². The second-order valence-corrected chi connectivity index (χ2v) is 20.8. The molecule has 8 atom stereocenters. The average molecular weight is 979 g/mol. The van der Waals surface area contributed by atoms with Gasteiger partial charge in [0.05, 0.1) is 19.6 Å². The predicted molar refractivity (Wildman–Crippen MR) is 245 cm³/mol. The molecule has 0 radical (unpaired) electrons. The number of thioether (sulfide) groups is 1. The van der Waals surface area contributed by atoms with Gasteiger partial charge in [-0.3, -0.25) is 28.0 Å². The topological polar surface area (TPSA) is 273 Å². The number of phosphoric ester groups is 2. The van der Waals surface area contributed by atoms with E-state index in [1.807, 2.05) is 6.92 Å². The number of aliphatic hydroxyl groups excluding tert-OH is 4. The Kier molecular flexibility index (Phi) is 35.3. The molecule has 17 nitrogen and oxygen atoms in total. The molecule has 1 aliphatic carbocycles. The molecule has 0 bridgehead atoms. The molecular weight excluding hydrogens is 894 g/mol. The molecule has 0 aliphatic heterocycles. The first-order valence-electron chi connectivity index (χ1n) is 24.1. The van der Waals surface area contributed by atoms with Crippen LogP contribution in [0.5, 0.6) is 0 Å². The van der Waals surface area contributed by atoms with Crippen LogP contribution in [-0.2, 0) is 46.6 Å². The van der Waals surface area contributed by atoms with Gasteiger partial charge in [-0.2, -0.15) is 0 Å². The second-order valence-electron chi connectivity index (χ2n) is 17.1. The summed E-state index contributed by atoms with van der Waals surface area (Å²) in [5.74, 6) is -0.478. The van der Waals surface area contributed by atoms with Crippen molar-refractivity contribution in [1.29, 1.82) is 0 Å². The summed E-state index contributed by atoms with van der Waals surface area (Å²) in [4.78, 5) is 65.8. The highest BCUT2D eigenvalue weighted by molar-refractivity contribution is 8.13. The van der Waals surface area contributed by atoms with Crippen molar-refractivity contribution in [3.05, 3.63) is 0 Å². The fourth-order valence-electron chi connectivity index (χ4n) is 7.48. The molecular formula is C44H84O17P2S. The van der Waals surface area contributed by atoms with Crippen LogP contribution in [0.4, 0.5) is 0 Å². The number of hydrogen-bond acceptors (Lipinski definition) is 15. The van der Waals surface area contributed by atoms with Crippen molar-refractivity contribution >= 4 is 44.5 Å². The van der Waals surface area contributed by atoms with Crippen LogP contribution < -0.4 is 0 Å². The number of hydrogen-bond donors (Lipinski definition) is 7. The van der Waals surface area contributed by atoms with Crippen LogP contribution in [0.25, 0.3) is 0 Å². The quantitative estimate of drug-likeness (QED) is 0.0172. The number of carbonyl (C=O) groups excluding carboxylic acids is 3. The summed E-state index contributed by atoms with van der Waals surface area (Å²) in [6.45, 7) is 3.51. The zero-order chi connectivity index (χ0) is 47.6. The summed E-state index contributed by atoms with van der Waals surface area (Å²) in [6, 6.07) is 0. The molecule has 1 aliphatic rings. The van der Waals surface area contributed by atoms with E-state index in [4.69, 9.17) is 28.3 Å². The summed E-state index contributed by atoms with van der Waals surface area (Å²) in [7, 11) is -10.6. The van der Waals surface area contributed by atoms with E-state index in [0.29, 0.717) is 24.4 Å². The van der Waals surface area contributed by atoms with Gasteiger partial charge in [-0.1, -0.05) is 167 Å². The van der Waals surface area contributed by atoms with Gasteiger partial charge in [-0.15, -0.1) is 0 Å². The van der Waals surface area contributed by atoms with Gasteiger partial charge in [0, 0.05) is 18.6 Å². The van der Waals surface area contributed by atoms with Crippen molar-refractivity contribution in [2.24, 2.45) is 0 Å². The van der Waals surface area contributed by atoms with Crippen LogP contribution in [0.1, 0.15) is 200 Å². The smallest absolute Gasteiger partial charge is 0.466 e. The highest BCUT2D eigenvalue weighted by atomic mass is 32.2. The molecule has 4 unspecified atom stereocenters. The lowest BCUT2D eigenvalue weighted by molar-refractivity contribution is -0.216. The van der Waals surface area contributed by atoms with Crippen LogP contribution in [0.2, 0.25) is 0 Å². The number of aliphatic hydroxyl groups is 4. The Labute approximate surface area is 386 Å². The van der Waals surface area contributed by atoms with E-state index in [0.717, 1.165) is 70.0 Å². The fraction of sp³-hybridized carbons (Fsp3) is 0.932. The number of ether oxygens (including phenoxy) is 2. The Morgan fingerprint density at radius 3 is 1.41 bits per heavy atom. The van der Waals surface area contributed by atoms with E-state index < -0.39 is 83.3 Å². The molecule has 64 heavy (non-hydrogen) atoms. The largest absolute Gasteiger partial charge is 0.472 e. The van der Waals surface area contributed by atoms with E-state index in [2.05, 4.69) is 11.4 Å². The third kappa shape index (κ3) is 31.1. The zero-order valence-corrected chi connectivity index (χ0v) is 41.3. The van der Waals surface area contributed by atoms with Crippen molar-refractivity contribution < 1.29 is 81.7 Å². The number of rotatable bonds is 41. The minimum Gasteiger partial charge on any atom is -0.466 e. The molecule has 0 aromatic rings. The van der Waals surface area contributed by atoms with E-state index >= 15 is 0 Å². The maximum Gasteiger partial charge on any atom is 0.472 e. The molecule has 1 saturated carbocycles. The number of unbranched alkanes of at least 4 members (excludes halogenated alkanes) is 23. The Hall–Kier alpha value is -0.980. The molecule has 0 spiro atoms. The Balaban J connectivity index is 2.53. The van der Waals surface area contributed by atoms with E-state index in [-0.39, 0.29) is 13.0 Å². The third-order valence-corrected chi connectivity index (χ3v) is 13.7. The molecule has 7 N–H and O–H groups in total. The third-order valence-electron chi connectivity index (χ3n) is 11.2. The van der Waals surface area contributed by atoms with E-state index in [1.165, 1.54) is 102 Å². The lowest BCUT2D eigenvalue weighted by Gasteiger charge is -2.43. The van der Waals surface area contributed by atoms with Crippen molar-refractivity contribution in [2.45, 2.75) is 243 Å². The molecule has 0 heterocycles. The Morgan fingerprint density at radius 1 is 0.531 bits per heavy atom. The summed E-state index contributed by atoms with van der Waals surface area (Å²) in [5.41, 5.74) is 0. The molecule has 20 heteroatoms. The lowest BCUT2D eigenvalue weighted by Crippen LogP contribution is -2.64. The first kappa shape index (κ1) is 61.0. The van der Waals surface area contributed by atoms with Gasteiger partial charge in [0.1, 0.15) is 42.7 Å². The van der Waals surface area contributed by atoms with Crippen molar-refractivity contribution in [1.82, 2.24) is 0 Å². The summed E-state index contributed by atoms with van der Waals surface area (Å²) >= 11 is 1.46. The van der Waals surface area contributed by atoms with Crippen molar-refractivity contribution in [3.8, 4) is 0 Å². The summed E-state index contributed by atoms with van der Waals surface area (Å²) in [5, 5.41) is 41.8. The lowest BCUT2D eigenvalue weighted by atomic mass is 9.85. The van der Waals surface area contributed by atoms with Crippen LogP contribution in [-0.4, -0.2) is 114 Å². The normalized spacial score (nSPS) is 21.6.